The lowest BCUT2D eigenvalue weighted by Crippen LogP contribution is -1.77. The quantitative estimate of drug-likeness (QED) is 0.571. The fourth-order valence-corrected chi connectivity index (χ4v) is 1.78. The van der Waals surface area contributed by atoms with Gasteiger partial charge in [-0.1, -0.05) is 30.3 Å². The molecular formula is C14H9O. The van der Waals surface area contributed by atoms with Gasteiger partial charge in [0.1, 0.15) is 5.58 Å². The van der Waals surface area contributed by atoms with Crippen molar-refractivity contribution in [3.05, 3.63) is 60.9 Å². The molecule has 2 aromatic carbocycles. The third-order valence-corrected chi connectivity index (χ3v) is 2.49. The van der Waals surface area contributed by atoms with Crippen molar-refractivity contribution in [3.8, 4) is 11.1 Å². The minimum Gasteiger partial charge on any atom is -0.464 e. The molecule has 0 saturated carbocycles. The predicted octanol–water partition coefficient (Wildman–Crippen LogP) is 3.90. The highest BCUT2D eigenvalue weighted by atomic mass is 16.3. The first-order valence-corrected chi connectivity index (χ1v) is 4.88. The molecule has 1 heterocycles. The molecule has 0 bridgehead atoms. The van der Waals surface area contributed by atoms with Crippen molar-refractivity contribution in [1.82, 2.24) is 0 Å². The zero-order valence-electron chi connectivity index (χ0n) is 8.10. The fourth-order valence-electron chi connectivity index (χ4n) is 1.78. The summed E-state index contributed by atoms with van der Waals surface area (Å²) in [5.41, 5.74) is 3.18. The van der Waals surface area contributed by atoms with Gasteiger partial charge in [-0.05, 0) is 29.8 Å². The van der Waals surface area contributed by atoms with E-state index in [9.17, 15) is 0 Å². The van der Waals surface area contributed by atoms with E-state index in [4.69, 9.17) is 4.42 Å². The van der Waals surface area contributed by atoms with Crippen LogP contribution in [0.1, 0.15) is 0 Å². The summed E-state index contributed by atoms with van der Waals surface area (Å²) < 4.78 is 5.36. The highest BCUT2D eigenvalue weighted by Crippen LogP contribution is 2.28. The monoisotopic (exact) mass is 193 g/mol. The van der Waals surface area contributed by atoms with Crippen molar-refractivity contribution in [2.24, 2.45) is 0 Å². The summed E-state index contributed by atoms with van der Waals surface area (Å²) in [6.45, 7) is 0. The van der Waals surface area contributed by atoms with Gasteiger partial charge in [0, 0.05) is 10.9 Å². The molecule has 3 rings (SSSR count). The van der Waals surface area contributed by atoms with Gasteiger partial charge < -0.3 is 4.42 Å². The van der Waals surface area contributed by atoms with Crippen molar-refractivity contribution >= 4 is 11.0 Å². The topological polar surface area (TPSA) is 13.1 Å². The van der Waals surface area contributed by atoms with Crippen molar-refractivity contribution in [1.29, 1.82) is 0 Å². The summed E-state index contributed by atoms with van der Waals surface area (Å²) >= 11 is 0. The maximum atomic E-state index is 5.36. The molecule has 15 heavy (non-hydrogen) atoms. The highest BCUT2D eigenvalue weighted by molar-refractivity contribution is 5.93. The molecule has 0 spiro atoms. The lowest BCUT2D eigenvalue weighted by molar-refractivity contribution is 0.616. The Morgan fingerprint density at radius 3 is 2.67 bits per heavy atom. The predicted molar refractivity (Wildman–Crippen MR) is 60.5 cm³/mol. The van der Waals surface area contributed by atoms with Crippen LogP contribution in [0.25, 0.3) is 22.1 Å². The summed E-state index contributed by atoms with van der Waals surface area (Å²) in [6.07, 6.45) is 1.71. The van der Waals surface area contributed by atoms with E-state index in [0.717, 1.165) is 16.5 Å². The van der Waals surface area contributed by atoms with E-state index >= 15 is 0 Å². The van der Waals surface area contributed by atoms with E-state index in [2.05, 4.69) is 18.2 Å². The summed E-state index contributed by atoms with van der Waals surface area (Å²) in [7, 11) is 0. The first kappa shape index (κ1) is 8.30. The molecule has 0 aliphatic carbocycles. The van der Waals surface area contributed by atoms with E-state index in [1.807, 2.05) is 36.4 Å². The average molecular weight is 193 g/mol. The second-order valence-corrected chi connectivity index (χ2v) is 3.42. The van der Waals surface area contributed by atoms with E-state index < -0.39 is 0 Å². The van der Waals surface area contributed by atoms with Crippen LogP contribution in [0.5, 0.6) is 0 Å². The molecule has 0 aliphatic rings. The Morgan fingerprint density at radius 2 is 1.80 bits per heavy atom. The van der Waals surface area contributed by atoms with Crippen LogP contribution in [0.4, 0.5) is 0 Å². The Hall–Kier alpha value is -2.02. The van der Waals surface area contributed by atoms with Crippen molar-refractivity contribution < 1.29 is 4.42 Å². The molecule has 0 unspecified atom stereocenters. The van der Waals surface area contributed by atoms with Crippen LogP contribution < -0.4 is 0 Å². The molecule has 0 N–H and O–H groups in total. The van der Waals surface area contributed by atoms with Gasteiger partial charge in [-0.25, -0.2) is 0 Å². The van der Waals surface area contributed by atoms with Gasteiger partial charge in [0.05, 0.1) is 6.26 Å². The van der Waals surface area contributed by atoms with E-state index in [1.54, 1.807) is 6.26 Å². The smallest absolute Gasteiger partial charge is 0.134 e. The van der Waals surface area contributed by atoms with Crippen LogP contribution in [-0.2, 0) is 0 Å². The van der Waals surface area contributed by atoms with Gasteiger partial charge in [0.2, 0.25) is 0 Å². The maximum Gasteiger partial charge on any atom is 0.134 e. The van der Waals surface area contributed by atoms with Crippen molar-refractivity contribution in [3.63, 3.8) is 0 Å². The minimum atomic E-state index is 0.910. The van der Waals surface area contributed by atoms with Gasteiger partial charge in [-0.2, -0.15) is 0 Å². The standard InChI is InChI=1S/C14H9O/c1-2-5-11(6-3-1)12-7-4-8-14-13(12)9-10-15-14/h1-6,8-10H. The molecule has 1 heteroatoms. The highest BCUT2D eigenvalue weighted by Gasteiger charge is 2.04. The number of hydrogen-bond donors (Lipinski definition) is 0. The average Bonchev–Trinajstić information content (AvgIpc) is 2.78. The van der Waals surface area contributed by atoms with E-state index in [-0.39, 0.29) is 0 Å². The van der Waals surface area contributed by atoms with Gasteiger partial charge in [0.25, 0.3) is 0 Å². The number of fused-ring (bicyclic) bond motifs is 1. The van der Waals surface area contributed by atoms with Crippen LogP contribution in [0.15, 0.2) is 59.2 Å². The molecule has 0 aliphatic heterocycles. The molecule has 0 fully saturated rings. The third kappa shape index (κ3) is 1.33. The Bertz CT molecular complexity index is 578. The summed E-state index contributed by atoms with van der Waals surface area (Å²) in [6, 6.07) is 19.3. The van der Waals surface area contributed by atoms with Crippen molar-refractivity contribution in [2.45, 2.75) is 0 Å². The van der Waals surface area contributed by atoms with Crippen molar-refractivity contribution in [2.75, 3.05) is 0 Å². The largest absolute Gasteiger partial charge is 0.464 e. The Morgan fingerprint density at radius 1 is 0.933 bits per heavy atom. The Balaban J connectivity index is 2.31. The van der Waals surface area contributed by atoms with Crippen LogP contribution in [-0.4, -0.2) is 0 Å². The first-order valence-electron chi connectivity index (χ1n) is 4.88. The number of benzene rings is 2. The molecule has 1 aromatic heterocycles. The van der Waals surface area contributed by atoms with Crippen LogP contribution in [0, 0.1) is 6.07 Å². The Labute approximate surface area is 88.0 Å². The summed E-state index contributed by atoms with van der Waals surface area (Å²) in [5.74, 6) is 0. The third-order valence-electron chi connectivity index (χ3n) is 2.49. The van der Waals surface area contributed by atoms with Gasteiger partial charge in [-0.15, -0.1) is 0 Å². The molecule has 3 aromatic rings. The maximum absolute atomic E-state index is 5.36. The Kier molecular flexibility index (Phi) is 1.82. The van der Waals surface area contributed by atoms with Gasteiger partial charge >= 0.3 is 0 Å². The van der Waals surface area contributed by atoms with Crippen LogP contribution in [0.3, 0.4) is 0 Å². The molecule has 0 amide bonds. The zero-order valence-corrected chi connectivity index (χ0v) is 8.10. The number of hydrogen-bond acceptors (Lipinski definition) is 1. The lowest BCUT2D eigenvalue weighted by Gasteiger charge is -2.01. The molecule has 1 nitrogen and oxygen atoms in total. The second-order valence-electron chi connectivity index (χ2n) is 3.42. The summed E-state index contributed by atoms with van der Waals surface area (Å²) in [4.78, 5) is 0. The lowest BCUT2D eigenvalue weighted by atomic mass is 10.0. The number of furan rings is 1. The zero-order chi connectivity index (χ0) is 10.1. The minimum absolute atomic E-state index is 0.910. The molecular weight excluding hydrogens is 184 g/mol. The molecule has 0 atom stereocenters. The normalized spacial score (nSPS) is 10.7. The first-order chi connectivity index (χ1) is 7.45. The SMILES string of the molecule is [c]1ccc2occc2c1-c1ccccc1. The second kappa shape index (κ2) is 3.28. The van der Waals surface area contributed by atoms with E-state index in [1.165, 1.54) is 5.56 Å². The molecule has 71 valence electrons. The van der Waals surface area contributed by atoms with Crippen LogP contribution >= 0.6 is 0 Å². The van der Waals surface area contributed by atoms with Gasteiger partial charge in [0.15, 0.2) is 0 Å². The molecule has 0 saturated heterocycles. The number of rotatable bonds is 1. The van der Waals surface area contributed by atoms with Gasteiger partial charge in [-0.3, -0.25) is 0 Å². The summed E-state index contributed by atoms with van der Waals surface area (Å²) in [5, 5.41) is 1.11. The van der Waals surface area contributed by atoms with E-state index in [0.29, 0.717) is 0 Å². The molecule has 1 radical (unpaired) electrons. The van der Waals surface area contributed by atoms with Crippen LogP contribution in [0.2, 0.25) is 0 Å². The fraction of sp³-hybridized carbons (Fsp3) is 0.